The molecule has 7 nitrogen and oxygen atoms in total. The highest BCUT2D eigenvalue weighted by Crippen LogP contribution is 2.34. The van der Waals surface area contributed by atoms with Crippen molar-refractivity contribution in [1.82, 2.24) is 24.9 Å². The smallest absolute Gasteiger partial charge is 0.159 e. The van der Waals surface area contributed by atoms with E-state index in [2.05, 4.69) is 43.2 Å². The highest BCUT2D eigenvalue weighted by Gasteiger charge is 2.22. The van der Waals surface area contributed by atoms with Crippen LogP contribution in [0.1, 0.15) is 29.8 Å². The highest BCUT2D eigenvalue weighted by molar-refractivity contribution is 5.80. The van der Waals surface area contributed by atoms with E-state index in [1.807, 2.05) is 31.2 Å². The lowest BCUT2D eigenvalue weighted by molar-refractivity contribution is 0.352. The van der Waals surface area contributed by atoms with Gasteiger partial charge >= 0.3 is 0 Å². The number of hydrogen-bond donors (Lipinski definition) is 1. The SMILES string of the molecule is Cc1cc([C@H](C)CNc2cc(-c3cnc4ncccc4c3)ncn2)c2c(n1)CCO2. The lowest BCUT2D eigenvalue weighted by atomic mass is 9.99. The molecule has 0 fully saturated rings. The number of nitrogens with zero attached hydrogens (tertiary/aromatic N) is 5. The molecule has 1 aliphatic heterocycles. The Morgan fingerprint density at radius 1 is 1.13 bits per heavy atom. The first-order chi connectivity index (χ1) is 14.7. The van der Waals surface area contributed by atoms with Crippen molar-refractivity contribution < 1.29 is 4.74 Å². The van der Waals surface area contributed by atoms with Gasteiger partial charge in [0.25, 0.3) is 0 Å². The van der Waals surface area contributed by atoms with Crippen molar-refractivity contribution in [3.05, 3.63) is 66.0 Å². The molecular weight excluding hydrogens is 376 g/mol. The number of nitrogens with one attached hydrogen (secondary N) is 1. The molecule has 1 N–H and O–H groups in total. The normalized spacial score (nSPS) is 13.7. The molecule has 5 heterocycles. The Morgan fingerprint density at radius 3 is 3.00 bits per heavy atom. The molecule has 5 rings (SSSR count). The summed E-state index contributed by atoms with van der Waals surface area (Å²) >= 11 is 0. The first-order valence-corrected chi connectivity index (χ1v) is 10.1. The predicted molar refractivity (Wildman–Crippen MR) is 116 cm³/mol. The van der Waals surface area contributed by atoms with Crippen molar-refractivity contribution in [3.63, 3.8) is 0 Å². The Bertz CT molecular complexity index is 1230. The number of ether oxygens (including phenoxy) is 1. The van der Waals surface area contributed by atoms with Crippen molar-refractivity contribution in [2.24, 2.45) is 0 Å². The molecule has 150 valence electrons. The van der Waals surface area contributed by atoms with Crippen LogP contribution in [0.5, 0.6) is 5.75 Å². The fourth-order valence-electron chi connectivity index (χ4n) is 3.79. The van der Waals surface area contributed by atoms with Gasteiger partial charge in [-0.25, -0.2) is 19.9 Å². The van der Waals surface area contributed by atoms with Gasteiger partial charge in [0, 0.05) is 59.6 Å². The first-order valence-electron chi connectivity index (χ1n) is 10.1. The summed E-state index contributed by atoms with van der Waals surface area (Å²) in [6, 6.07) is 10.0. The third kappa shape index (κ3) is 3.54. The molecular formula is C23H22N6O. The number of hydrogen-bond acceptors (Lipinski definition) is 7. The minimum atomic E-state index is 0.255. The summed E-state index contributed by atoms with van der Waals surface area (Å²) in [6.45, 7) is 5.66. The van der Waals surface area contributed by atoms with Gasteiger partial charge in [0.05, 0.1) is 18.0 Å². The largest absolute Gasteiger partial charge is 0.491 e. The highest BCUT2D eigenvalue weighted by atomic mass is 16.5. The van der Waals surface area contributed by atoms with E-state index in [1.165, 1.54) is 5.56 Å². The van der Waals surface area contributed by atoms with E-state index in [4.69, 9.17) is 4.74 Å². The second-order valence-corrected chi connectivity index (χ2v) is 7.57. The van der Waals surface area contributed by atoms with E-state index in [9.17, 15) is 0 Å². The molecule has 0 amide bonds. The average molecular weight is 398 g/mol. The summed E-state index contributed by atoms with van der Waals surface area (Å²) in [6.07, 6.45) is 6.00. The lowest BCUT2D eigenvalue weighted by Gasteiger charge is -2.17. The zero-order valence-corrected chi connectivity index (χ0v) is 17.0. The fourth-order valence-corrected chi connectivity index (χ4v) is 3.79. The van der Waals surface area contributed by atoms with Crippen LogP contribution in [-0.4, -0.2) is 38.1 Å². The third-order valence-electron chi connectivity index (χ3n) is 5.32. The van der Waals surface area contributed by atoms with Crippen LogP contribution in [0.15, 0.2) is 49.1 Å². The van der Waals surface area contributed by atoms with Crippen LogP contribution in [-0.2, 0) is 6.42 Å². The summed E-state index contributed by atoms with van der Waals surface area (Å²) in [7, 11) is 0. The number of pyridine rings is 3. The molecule has 1 atom stereocenters. The fraction of sp³-hybridized carbons (Fsp3) is 0.261. The Hall–Kier alpha value is -3.61. The zero-order chi connectivity index (χ0) is 20.5. The minimum absolute atomic E-state index is 0.255. The van der Waals surface area contributed by atoms with Gasteiger partial charge in [-0.3, -0.25) is 4.98 Å². The molecule has 1 aliphatic rings. The molecule has 0 saturated heterocycles. The predicted octanol–water partition coefficient (Wildman–Crippen LogP) is 3.94. The van der Waals surface area contributed by atoms with E-state index >= 15 is 0 Å². The Morgan fingerprint density at radius 2 is 2.07 bits per heavy atom. The topological polar surface area (TPSA) is 85.7 Å². The third-order valence-corrected chi connectivity index (χ3v) is 5.32. The van der Waals surface area contributed by atoms with E-state index in [0.29, 0.717) is 6.61 Å². The molecule has 30 heavy (non-hydrogen) atoms. The average Bonchev–Trinajstić information content (AvgIpc) is 3.25. The molecule has 0 unspecified atom stereocenters. The monoisotopic (exact) mass is 398 g/mol. The van der Waals surface area contributed by atoms with Gasteiger partial charge in [-0.2, -0.15) is 0 Å². The Kier molecular flexibility index (Phi) is 4.71. The molecule has 0 radical (unpaired) electrons. The molecule has 7 heteroatoms. The van der Waals surface area contributed by atoms with E-state index in [-0.39, 0.29) is 5.92 Å². The maximum Gasteiger partial charge on any atom is 0.159 e. The standard InChI is InChI=1S/C23H22N6O/c1-14(18-8-15(2)29-19-5-7-30-22(18)19)11-25-21-10-20(27-13-28-21)17-9-16-4-3-6-24-23(16)26-12-17/h3-4,6,8-10,12-14H,5,7,11H2,1-2H3,(H,25,27,28)/t14-/m1/s1. The van der Waals surface area contributed by atoms with Gasteiger partial charge in [-0.05, 0) is 31.2 Å². The quantitative estimate of drug-likeness (QED) is 0.545. The van der Waals surface area contributed by atoms with Gasteiger partial charge in [-0.15, -0.1) is 0 Å². The van der Waals surface area contributed by atoms with Gasteiger partial charge in [0.15, 0.2) is 5.65 Å². The van der Waals surface area contributed by atoms with Crippen LogP contribution >= 0.6 is 0 Å². The summed E-state index contributed by atoms with van der Waals surface area (Å²) in [5.74, 6) is 1.99. The molecule has 0 aliphatic carbocycles. The molecule has 0 bridgehead atoms. The molecule has 4 aromatic rings. The molecule has 0 spiro atoms. The molecule has 4 aromatic heterocycles. The zero-order valence-electron chi connectivity index (χ0n) is 17.0. The van der Waals surface area contributed by atoms with Crippen molar-refractivity contribution in [2.45, 2.75) is 26.2 Å². The first kappa shape index (κ1) is 18.4. The number of anilines is 1. The molecule has 0 aromatic carbocycles. The summed E-state index contributed by atoms with van der Waals surface area (Å²) < 4.78 is 5.84. The number of rotatable bonds is 5. The van der Waals surface area contributed by atoms with Crippen LogP contribution in [0.4, 0.5) is 5.82 Å². The lowest BCUT2D eigenvalue weighted by Crippen LogP contribution is -2.12. The number of aromatic nitrogens is 5. The Balaban J connectivity index is 1.35. The second-order valence-electron chi connectivity index (χ2n) is 7.57. The molecule has 0 saturated carbocycles. The van der Waals surface area contributed by atoms with Gasteiger partial charge in [0.2, 0.25) is 0 Å². The van der Waals surface area contributed by atoms with Crippen LogP contribution in [0, 0.1) is 6.92 Å². The number of fused-ring (bicyclic) bond motifs is 2. The van der Waals surface area contributed by atoms with Crippen molar-refractivity contribution in [3.8, 4) is 17.0 Å². The maximum atomic E-state index is 5.84. The van der Waals surface area contributed by atoms with Gasteiger partial charge in [0.1, 0.15) is 17.9 Å². The van der Waals surface area contributed by atoms with Crippen LogP contribution in [0.3, 0.4) is 0 Å². The van der Waals surface area contributed by atoms with Gasteiger partial charge in [-0.1, -0.05) is 6.92 Å². The minimum Gasteiger partial charge on any atom is -0.491 e. The van der Waals surface area contributed by atoms with Crippen molar-refractivity contribution >= 4 is 16.9 Å². The van der Waals surface area contributed by atoms with E-state index in [0.717, 1.165) is 58.2 Å². The number of aryl methyl sites for hydroxylation is 1. The summed E-state index contributed by atoms with van der Waals surface area (Å²) in [5, 5.41) is 4.43. The second kappa shape index (κ2) is 7.67. The van der Waals surface area contributed by atoms with Crippen LogP contribution in [0.25, 0.3) is 22.3 Å². The van der Waals surface area contributed by atoms with Crippen LogP contribution in [0.2, 0.25) is 0 Å². The van der Waals surface area contributed by atoms with Crippen LogP contribution < -0.4 is 10.1 Å². The van der Waals surface area contributed by atoms with E-state index in [1.54, 1.807) is 18.7 Å². The van der Waals surface area contributed by atoms with Crippen molar-refractivity contribution in [1.29, 1.82) is 0 Å². The van der Waals surface area contributed by atoms with E-state index < -0.39 is 0 Å². The maximum absolute atomic E-state index is 5.84. The summed E-state index contributed by atoms with van der Waals surface area (Å²) in [4.78, 5) is 22.1. The van der Waals surface area contributed by atoms with Crippen molar-refractivity contribution in [2.75, 3.05) is 18.5 Å². The Labute approximate surface area is 174 Å². The van der Waals surface area contributed by atoms with Gasteiger partial charge < -0.3 is 10.1 Å². The summed E-state index contributed by atoms with van der Waals surface area (Å²) in [5.41, 5.74) is 5.78.